The van der Waals surface area contributed by atoms with E-state index in [2.05, 4.69) is 15.5 Å². The molecule has 1 atom stereocenters. The topological polar surface area (TPSA) is 60.2 Å². The highest BCUT2D eigenvalue weighted by molar-refractivity contribution is 4.98. The number of ether oxygens (including phenoxy) is 1. The van der Waals surface area contributed by atoms with Gasteiger partial charge in [0.25, 0.3) is 0 Å². The second kappa shape index (κ2) is 6.12. The molecule has 1 heterocycles. The van der Waals surface area contributed by atoms with Gasteiger partial charge < -0.3 is 14.6 Å². The molecule has 1 unspecified atom stereocenters. The molecule has 0 aliphatic heterocycles. The Bertz CT molecular complexity index is 336. The molecule has 5 nitrogen and oxygen atoms in total. The molecular weight excluding hydrogens is 218 g/mol. The molecule has 0 radical (unpaired) electrons. The number of hydrogen-bond acceptors (Lipinski definition) is 5. The van der Waals surface area contributed by atoms with Crippen molar-refractivity contribution >= 4 is 0 Å². The van der Waals surface area contributed by atoms with Gasteiger partial charge in [-0.25, -0.2) is 0 Å². The molecule has 17 heavy (non-hydrogen) atoms. The molecule has 1 N–H and O–H groups in total. The van der Waals surface area contributed by atoms with Gasteiger partial charge in [0.05, 0.1) is 0 Å². The van der Waals surface area contributed by atoms with Crippen molar-refractivity contribution in [3.8, 4) is 0 Å². The van der Waals surface area contributed by atoms with Crippen LogP contribution in [0.15, 0.2) is 4.52 Å². The lowest BCUT2D eigenvalue weighted by atomic mass is 10.2. The Morgan fingerprint density at radius 2 is 2.35 bits per heavy atom. The normalized spacial score (nSPS) is 17.3. The van der Waals surface area contributed by atoms with Crippen LogP contribution in [0, 0.1) is 5.92 Å². The van der Waals surface area contributed by atoms with E-state index in [9.17, 15) is 0 Å². The van der Waals surface area contributed by atoms with Gasteiger partial charge in [-0.3, -0.25) is 0 Å². The largest absolute Gasteiger partial charge is 0.370 e. The predicted molar refractivity (Wildman–Crippen MR) is 63.6 cm³/mol. The molecule has 0 amide bonds. The lowest BCUT2D eigenvalue weighted by Gasteiger charge is -2.10. The number of aromatic nitrogens is 2. The number of nitrogens with one attached hydrogen (secondary N) is 1. The zero-order chi connectivity index (χ0) is 12.1. The van der Waals surface area contributed by atoms with Crippen molar-refractivity contribution in [1.82, 2.24) is 15.5 Å². The van der Waals surface area contributed by atoms with Crippen LogP contribution in [-0.2, 0) is 11.2 Å². The van der Waals surface area contributed by atoms with E-state index in [4.69, 9.17) is 9.26 Å². The van der Waals surface area contributed by atoms with Crippen LogP contribution in [0.1, 0.15) is 44.0 Å². The van der Waals surface area contributed by atoms with Crippen LogP contribution in [0.2, 0.25) is 0 Å². The smallest absolute Gasteiger partial charge is 0.226 e. The number of nitrogens with zero attached hydrogens (tertiary/aromatic N) is 2. The van der Waals surface area contributed by atoms with Crippen molar-refractivity contribution in [2.75, 3.05) is 20.2 Å². The Morgan fingerprint density at radius 3 is 3.00 bits per heavy atom. The molecule has 5 heteroatoms. The van der Waals surface area contributed by atoms with Crippen LogP contribution in [0.3, 0.4) is 0 Å². The summed E-state index contributed by atoms with van der Waals surface area (Å²) in [5.41, 5.74) is 0. The molecule has 1 aliphatic carbocycles. The number of aryl methyl sites for hydroxylation is 1. The van der Waals surface area contributed by atoms with Gasteiger partial charge in [0.15, 0.2) is 0 Å². The molecule has 96 valence electrons. The van der Waals surface area contributed by atoms with Gasteiger partial charge in [-0.1, -0.05) is 5.16 Å². The summed E-state index contributed by atoms with van der Waals surface area (Å²) in [6.45, 7) is 3.67. The Kier molecular flexibility index (Phi) is 4.50. The predicted octanol–water partition coefficient (Wildman–Crippen LogP) is 1.71. The number of rotatable bonds is 8. The highest BCUT2D eigenvalue weighted by Gasteiger charge is 2.36. The van der Waals surface area contributed by atoms with Gasteiger partial charge in [0, 0.05) is 13.0 Å². The summed E-state index contributed by atoms with van der Waals surface area (Å²) in [5, 5.41) is 7.15. The highest BCUT2D eigenvalue weighted by atomic mass is 16.5. The summed E-state index contributed by atoms with van der Waals surface area (Å²) < 4.78 is 10.9. The van der Waals surface area contributed by atoms with Crippen LogP contribution >= 0.6 is 0 Å². The Hall–Kier alpha value is -0.940. The van der Waals surface area contributed by atoms with Crippen LogP contribution in [0.25, 0.3) is 0 Å². The maximum atomic E-state index is 5.69. The first-order valence-electron chi connectivity index (χ1n) is 6.43. The zero-order valence-corrected chi connectivity index (χ0v) is 10.6. The fraction of sp³-hybridized carbons (Fsp3) is 0.833. The standard InChI is InChI=1S/C12H21N3O2/c1-3-16-11(9-6-7-9)12-14-10(17-15-12)5-4-8-13-2/h9,11,13H,3-8H2,1-2H3. The summed E-state index contributed by atoms with van der Waals surface area (Å²) in [4.78, 5) is 4.43. The van der Waals surface area contributed by atoms with Gasteiger partial charge >= 0.3 is 0 Å². The lowest BCUT2D eigenvalue weighted by Crippen LogP contribution is -2.09. The van der Waals surface area contributed by atoms with Crippen LogP contribution in [0.4, 0.5) is 0 Å². The molecule has 1 saturated carbocycles. The van der Waals surface area contributed by atoms with E-state index in [0.717, 1.165) is 31.1 Å². The second-order valence-corrected chi connectivity index (χ2v) is 4.47. The minimum atomic E-state index is 0.0433. The molecule has 2 rings (SSSR count). The summed E-state index contributed by atoms with van der Waals surface area (Å²) in [7, 11) is 1.94. The fourth-order valence-corrected chi connectivity index (χ4v) is 1.90. The molecule has 1 aromatic rings. The average molecular weight is 239 g/mol. The monoisotopic (exact) mass is 239 g/mol. The van der Waals surface area contributed by atoms with Gasteiger partial charge in [-0.05, 0) is 45.7 Å². The fourth-order valence-electron chi connectivity index (χ4n) is 1.90. The van der Waals surface area contributed by atoms with E-state index in [-0.39, 0.29) is 6.10 Å². The van der Waals surface area contributed by atoms with Crippen LogP contribution in [0.5, 0.6) is 0 Å². The molecule has 1 aromatic heterocycles. The molecular formula is C12H21N3O2. The lowest BCUT2D eigenvalue weighted by molar-refractivity contribution is 0.0384. The Labute approximate surface area is 102 Å². The first-order valence-corrected chi connectivity index (χ1v) is 6.43. The van der Waals surface area contributed by atoms with E-state index in [1.807, 2.05) is 14.0 Å². The Balaban J connectivity index is 1.90. The van der Waals surface area contributed by atoms with Crippen molar-refractivity contribution in [3.05, 3.63) is 11.7 Å². The van der Waals surface area contributed by atoms with E-state index in [1.54, 1.807) is 0 Å². The third-order valence-electron chi connectivity index (χ3n) is 2.95. The van der Waals surface area contributed by atoms with E-state index in [0.29, 0.717) is 12.5 Å². The summed E-state index contributed by atoms with van der Waals surface area (Å²) >= 11 is 0. The average Bonchev–Trinajstić information content (AvgIpc) is 3.06. The molecule has 1 aliphatic rings. The third-order valence-corrected chi connectivity index (χ3v) is 2.95. The van der Waals surface area contributed by atoms with Crippen molar-refractivity contribution in [1.29, 1.82) is 0 Å². The summed E-state index contributed by atoms with van der Waals surface area (Å²) in [6.07, 6.45) is 4.32. The first kappa shape index (κ1) is 12.5. The molecule has 0 bridgehead atoms. The maximum Gasteiger partial charge on any atom is 0.226 e. The zero-order valence-electron chi connectivity index (χ0n) is 10.6. The van der Waals surface area contributed by atoms with Crippen LogP contribution in [-0.4, -0.2) is 30.3 Å². The van der Waals surface area contributed by atoms with E-state index >= 15 is 0 Å². The van der Waals surface area contributed by atoms with E-state index in [1.165, 1.54) is 12.8 Å². The van der Waals surface area contributed by atoms with Crippen molar-refractivity contribution in [2.24, 2.45) is 5.92 Å². The van der Waals surface area contributed by atoms with Gasteiger partial charge in [0.2, 0.25) is 11.7 Å². The SMILES string of the molecule is CCOC(c1noc(CCCNC)n1)C1CC1. The quantitative estimate of drug-likeness (QED) is 0.700. The summed E-state index contributed by atoms with van der Waals surface area (Å²) in [6, 6.07) is 0. The van der Waals surface area contributed by atoms with Gasteiger partial charge in [0.1, 0.15) is 6.10 Å². The minimum Gasteiger partial charge on any atom is -0.370 e. The molecule has 1 fully saturated rings. The first-order chi connectivity index (χ1) is 8.35. The second-order valence-electron chi connectivity index (χ2n) is 4.47. The highest BCUT2D eigenvalue weighted by Crippen LogP contribution is 2.42. The third kappa shape index (κ3) is 3.51. The molecule has 0 aromatic carbocycles. The molecule has 0 saturated heterocycles. The van der Waals surface area contributed by atoms with Gasteiger partial charge in [-0.2, -0.15) is 4.98 Å². The Morgan fingerprint density at radius 1 is 1.53 bits per heavy atom. The van der Waals surface area contributed by atoms with E-state index < -0.39 is 0 Å². The van der Waals surface area contributed by atoms with Crippen molar-refractivity contribution in [2.45, 2.75) is 38.7 Å². The summed E-state index contributed by atoms with van der Waals surface area (Å²) in [5.74, 6) is 2.05. The number of hydrogen-bond donors (Lipinski definition) is 1. The minimum absolute atomic E-state index is 0.0433. The molecule has 0 spiro atoms. The van der Waals surface area contributed by atoms with Crippen molar-refractivity contribution < 1.29 is 9.26 Å². The maximum absolute atomic E-state index is 5.69. The van der Waals surface area contributed by atoms with Crippen LogP contribution < -0.4 is 5.32 Å². The van der Waals surface area contributed by atoms with Crippen molar-refractivity contribution in [3.63, 3.8) is 0 Å². The van der Waals surface area contributed by atoms with Gasteiger partial charge in [-0.15, -0.1) is 0 Å².